The second-order valence-electron chi connectivity index (χ2n) is 9.31. The molecule has 1 atom stereocenters. The summed E-state index contributed by atoms with van der Waals surface area (Å²) in [5.74, 6) is -0.881. The van der Waals surface area contributed by atoms with Gasteiger partial charge in [0.05, 0.1) is 17.3 Å². The lowest BCUT2D eigenvalue weighted by molar-refractivity contribution is -0.137. The number of hydrogen-bond acceptors (Lipinski definition) is 4. The van der Waals surface area contributed by atoms with Crippen molar-refractivity contribution in [1.82, 2.24) is 20.4 Å². The fourth-order valence-electron chi connectivity index (χ4n) is 4.72. The first-order valence-corrected chi connectivity index (χ1v) is 12.1. The van der Waals surface area contributed by atoms with E-state index in [1.807, 2.05) is 0 Å². The van der Waals surface area contributed by atoms with E-state index in [9.17, 15) is 27.6 Å². The Hall–Kier alpha value is -3.17. The summed E-state index contributed by atoms with van der Waals surface area (Å²) < 4.78 is 42.7. The van der Waals surface area contributed by atoms with E-state index in [1.54, 1.807) is 0 Å². The number of aromatic nitrogens is 2. The number of nitrogens with zero attached hydrogens (tertiary/aromatic N) is 2. The van der Waals surface area contributed by atoms with Crippen molar-refractivity contribution in [2.24, 2.45) is 0 Å². The van der Waals surface area contributed by atoms with Crippen molar-refractivity contribution in [2.75, 3.05) is 0 Å². The lowest BCUT2D eigenvalue weighted by atomic mass is 9.93. The predicted molar refractivity (Wildman–Crippen MR) is 123 cm³/mol. The van der Waals surface area contributed by atoms with Gasteiger partial charge in [0.25, 0.3) is 5.91 Å². The lowest BCUT2D eigenvalue weighted by Gasteiger charge is -2.27. The number of benzene rings is 1. The Labute approximate surface area is 201 Å². The van der Waals surface area contributed by atoms with Crippen LogP contribution in [0.4, 0.5) is 13.2 Å². The zero-order chi connectivity index (χ0) is 25.0. The molecule has 0 saturated heterocycles. The number of alkyl halides is 3. The summed E-state index contributed by atoms with van der Waals surface area (Å²) >= 11 is 0. The van der Waals surface area contributed by atoms with Crippen LogP contribution in [0.25, 0.3) is 11.3 Å². The van der Waals surface area contributed by atoms with Crippen molar-refractivity contribution < 1.29 is 27.6 Å². The molecule has 10 heteroatoms. The highest BCUT2D eigenvalue weighted by molar-refractivity contribution is 5.94. The quantitative estimate of drug-likeness (QED) is 0.509. The molecule has 2 aromatic rings. The highest BCUT2D eigenvalue weighted by Crippen LogP contribution is 2.40. The molecule has 7 nitrogen and oxygen atoms in total. The van der Waals surface area contributed by atoms with Gasteiger partial charge in [-0.1, -0.05) is 31.0 Å². The topological polar surface area (TPSA) is 93.1 Å². The maximum Gasteiger partial charge on any atom is 0.417 e. The second-order valence-corrected chi connectivity index (χ2v) is 9.31. The first-order valence-electron chi connectivity index (χ1n) is 12.1. The Kier molecular flexibility index (Phi) is 7.57. The van der Waals surface area contributed by atoms with Crippen molar-refractivity contribution in [3.8, 4) is 11.3 Å². The van der Waals surface area contributed by atoms with Crippen molar-refractivity contribution >= 4 is 18.1 Å². The second kappa shape index (κ2) is 10.6. The standard InChI is InChI=1S/C25H29F3N4O3/c26-25(27,28)20-11-4-3-10-19(20)22-15-21(31-32(22)18-8-1-2-9-18)24(35)30-17(12-13-33)14-23(34)29-16-6-5-7-16/h3-4,10-11,13,15-18H,1-2,5-9,12,14H2,(H,29,34)(H,30,35)/t17-/m0/s1. The Morgan fingerprint density at radius 3 is 2.46 bits per heavy atom. The predicted octanol–water partition coefficient (Wildman–Crippen LogP) is 4.43. The van der Waals surface area contributed by atoms with E-state index in [0.29, 0.717) is 6.29 Å². The molecule has 4 rings (SSSR count). The van der Waals surface area contributed by atoms with Crippen LogP contribution < -0.4 is 10.6 Å². The van der Waals surface area contributed by atoms with E-state index in [0.717, 1.165) is 51.0 Å². The summed E-state index contributed by atoms with van der Waals surface area (Å²) in [5, 5.41) is 9.95. The number of aldehydes is 1. The van der Waals surface area contributed by atoms with Crippen LogP contribution in [0.3, 0.4) is 0 Å². The molecule has 0 bridgehead atoms. The molecule has 0 spiro atoms. The third-order valence-electron chi connectivity index (χ3n) is 6.77. The number of halogens is 3. The van der Waals surface area contributed by atoms with E-state index in [-0.39, 0.29) is 47.8 Å². The molecule has 188 valence electrons. The monoisotopic (exact) mass is 490 g/mol. The molecule has 2 fully saturated rings. The molecule has 35 heavy (non-hydrogen) atoms. The largest absolute Gasteiger partial charge is 0.417 e. The lowest BCUT2D eigenvalue weighted by Crippen LogP contribution is -2.44. The normalized spacial score (nSPS) is 17.6. The molecule has 0 aliphatic heterocycles. The van der Waals surface area contributed by atoms with Crippen molar-refractivity contribution in [3.63, 3.8) is 0 Å². The number of hydrogen-bond donors (Lipinski definition) is 2. The van der Waals surface area contributed by atoms with Crippen LogP contribution in [-0.4, -0.2) is 40.0 Å². The molecule has 2 saturated carbocycles. The van der Waals surface area contributed by atoms with Crippen LogP contribution in [0, 0.1) is 0 Å². The molecule has 0 unspecified atom stereocenters. The van der Waals surface area contributed by atoms with E-state index in [1.165, 1.54) is 28.9 Å². The van der Waals surface area contributed by atoms with Gasteiger partial charge in [-0.2, -0.15) is 18.3 Å². The zero-order valence-electron chi connectivity index (χ0n) is 19.3. The Balaban J connectivity index is 1.59. The van der Waals surface area contributed by atoms with Crippen LogP contribution in [0.2, 0.25) is 0 Å². The van der Waals surface area contributed by atoms with E-state index < -0.39 is 23.7 Å². The summed E-state index contributed by atoms with van der Waals surface area (Å²) in [5.41, 5.74) is -0.649. The summed E-state index contributed by atoms with van der Waals surface area (Å²) in [4.78, 5) is 36.5. The van der Waals surface area contributed by atoms with E-state index in [4.69, 9.17) is 0 Å². The van der Waals surface area contributed by atoms with Gasteiger partial charge >= 0.3 is 6.18 Å². The summed E-state index contributed by atoms with van der Waals surface area (Å²) in [6.45, 7) is 0. The third-order valence-corrected chi connectivity index (χ3v) is 6.77. The van der Waals surface area contributed by atoms with Gasteiger partial charge in [0.15, 0.2) is 5.69 Å². The van der Waals surface area contributed by atoms with Gasteiger partial charge in [-0.3, -0.25) is 14.3 Å². The van der Waals surface area contributed by atoms with Gasteiger partial charge in [0.1, 0.15) is 6.29 Å². The molecule has 0 radical (unpaired) electrons. The van der Waals surface area contributed by atoms with Crippen LogP contribution in [0.5, 0.6) is 0 Å². The molecule has 1 heterocycles. The Morgan fingerprint density at radius 2 is 1.83 bits per heavy atom. The minimum Gasteiger partial charge on any atom is -0.353 e. The van der Waals surface area contributed by atoms with E-state index >= 15 is 0 Å². The smallest absolute Gasteiger partial charge is 0.353 e. The number of carbonyl (C=O) groups is 3. The average molecular weight is 491 g/mol. The highest BCUT2D eigenvalue weighted by Gasteiger charge is 2.35. The number of nitrogens with one attached hydrogen (secondary N) is 2. The van der Waals surface area contributed by atoms with Gasteiger partial charge in [-0.05, 0) is 44.2 Å². The van der Waals surface area contributed by atoms with Gasteiger partial charge in [0.2, 0.25) is 5.91 Å². The fourth-order valence-corrected chi connectivity index (χ4v) is 4.72. The molecule has 2 aliphatic rings. The molecular weight excluding hydrogens is 461 g/mol. The van der Waals surface area contributed by atoms with Crippen LogP contribution in [0.15, 0.2) is 30.3 Å². The molecular formula is C25H29F3N4O3. The summed E-state index contributed by atoms with van der Waals surface area (Å²) in [6.07, 6.45) is 2.23. The van der Waals surface area contributed by atoms with Crippen LogP contribution in [-0.2, 0) is 15.8 Å². The van der Waals surface area contributed by atoms with Gasteiger partial charge in [-0.15, -0.1) is 0 Å². The van der Waals surface area contributed by atoms with Crippen LogP contribution in [0.1, 0.15) is 79.9 Å². The first-order chi connectivity index (χ1) is 16.8. The Bertz CT molecular complexity index is 1070. The maximum atomic E-state index is 13.7. The number of amides is 2. The third kappa shape index (κ3) is 5.91. The minimum atomic E-state index is -4.56. The van der Waals surface area contributed by atoms with Gasteiger partial charge < -0.3 is 15.4 Å². The average Bonchev–Trinajstić information content (AvgIpc) is 3.46. The van der Waals surface area contributed by atoms with Crippen LogP contribution >= 0.6 is 0 Å². The zero-order valence-corrected chi connectivity index (χ0v) is 19.3. The summed E-state index contributed by atoms with van der Waals surface area (Å²) in [6, 6.07) is 5.91. The SMILES string of the molecule is O=CC[C@@H](CC(=O)NC1CCC1)NC(=O)c1cc(-c2ccccc2C(F)(F)F)n(C2CCCC2)n1. The van der Waals surface area contributed by atoms with E-state index in [2.05, 4.69) is 15.7 Å². The molecule has 1 aromatic carbocycles. The maximum absolute atomic E-state index is 13.7. The fraction of sp³-hybridized carbons (Fsp3) is 0.520. The molecule has 1 aromatic heterocycles. The molecule has 2 amide bonds. The van der Waals surface area contributed by atoms with Crippen molar-refractivity contribution in [3.05, 3.63) is 41.6 Å². The minimum absolute atomic E-state index is 0.0391. The Morgan fingerprint density at radius 1 is 1.11 bits per heavy atom. The van der Waals surface area contributed by atoms with Crippen molar-refractivity contribution in [1.29, 1.82) is 0 Å². The van der Waals surface area contributed by atoms with Gasteiger partial charge in [-0.25, -0.2) is 0 Å². The molecule has 2 N–H and O–H groups in total. The first kappa shape index (κ1) is 24.9. The van der Waals surface area contributed by atoms with Crippen molar-refractivity contribution in [2.45, 2.75) is 82.1 Å². The number of carbonyl (C=O) groups excluding carboxylic acids is 3. The highest BCUT2D eigenvalue weighted by atomic mass is 19.4. The molecule has 2 aliphatic carbocycles. The van der Waals surface area contributed by atoms with Gasteiger partial charge in [0, 0.05) is 30.5 Å². The number of rotatable bonds is 9. The summed E-state index contributed by atoms with van der Waals surface area (Å²) in [7, 11) is 0.